The Morgan fingerprint density at radius 2 is 1.88 bits per heavy atom. The lowest BCUT2D eigenvalue weighted by Gasteiger charge is -1.99. The van der Waals surface area contributed by atoms with E-state index in [4.69, 9.17) is 0 Å². The van der Waals surface area contributed by atoms with E-state index in [0.717, 1.165) is 16.1 Å². The molecule has 2 aromatic carbocycles. The third kappa shape index (κ3) is 3.15. The van der Waals surface area contributed by atoms with Crippen molar-refractivity contribution in [2.24, 2.45) is 0 Å². The molecule has 4 nitrogen and oxygen atoms in total. The second-order valence-electron chi connectivity index (χ2n) is 5.58. The summed E-state index contributed by atoms with van der Waals surface area (Å²) in [6.45, 7) is 0.589. The first-order valence-corrected chi connectivity index (χ1v) is 8.34. The van der Waals surface area contributed by atoms with E-state index in [1.165, 1.54) is 12.1 Å². The Morgan fingerprint density at radius 3 is 2.68 bits per heavy atom. The summed E-state index contributed by atoms with van der Waals surface area (Å²) < 4.78 is 30.1. The lowest BCUT2D eigenvalue weighted by Crippen LogP contribution is -2.37. The molecule has 0 spiro atoms. The summed E-state index contributed by atoms with van der Waals surface area (Å²) in [5, 5.41) is 4.33. The summed E-state index contributed by atoms with van der Waals surface area (Å²) in [5.41, 5.74) is 2.48. The molecule has 2 aromatic heterocycles. The molecule has 7 heteroatoms. The highest BCUT2D eigenvalue weighted by Gasteiger charge is 2.16. The van der Waals surface area contributed by atoms with E-state index in [-0.39, 0.29) is 11.4 Å². The molecule has 0 aliphatic rings. The van der Waals surface area contributed by atoms with E-state index in [1.54, 1.807) is 17.1 Å². The molecular weight excluding hydrogens is 390 g/mol. The Hall–Kier alpha value is -2.67. The number of aromatic nitrogens is 4. The van der Waals surface area contributed by atoms with Gasteiger partial charge in [-0.25, -0.2) is 13.8 Å². The summed E-state index contributed by atoms with van der Waals surface area (Å²) in [6, 6.07) is 12.0. The minimum absolute atomic E-state index is 0.0932. The molecule has 0 saturated heterocycles. The minimum Gasteiger partial charge on any atom is -0.333 e. The Balaban J connectivity index is 1.69. The van der Waals surface area contributed by atoms with Gasteiger partial charge in [-0.15, -0.1) is 0 Å². The van der Waals surface area contributed by atoms with Gasteiger partial charge in [-0.3, -0.25) is 0 Å². The van der Waals surface area contributed by atoms with Crippen molar-refractivity contribution < 1.29 is 13.5 Å². The number of nitrogens with zero attached hydrogens (tertiary/aromatic N) is 3. The van der Waals surface area contributed by atoms with Crippen LogP contribution in [0.4, 0.5) is 8.78 Å². The first kappa shape index (κ1) is 15.8. The maximum atomic E-state index is 14.0. The molecule has 0 radical (unpaired) electrons. The van der Waals surface area contributed by atoms with Crippen molar-refractivity contribution in [3.63, 3.8) is 0 Å². The molecule has 0 atom stereocenters. The number of hydrogen-bond donors (Lipinski definition) is 1. The molecule has 0 saturated carbocycles. The van der Waals surface area contributed by atoms with Crippen LogP contribution in [0.3, 0.4) is 0 Å². The average molecular weight is 402 g/mol. The van der Waals surface area contributed by atoms with Gasteiger partial charge in [0.2, 0.25) is 6.20 Å². The highest BCUT2D eigenvalue weighted by molar-refractivity contribution is 9.10. The van der Waals surface area contributed by atoms with E-state index in [2.05, 4.69) is 31.0 Å². The molecule has 0 fully saturated rings. The highest BCUT2D eigenvalue weighted by Crippen LogP contribution is 2.23. The zero-order valence-corrected chi connectivity index (χ0v) is 14.5. The van der Waals surface area contributed by atoms with Gasteiger partial charge in [-0.2, -0.15) is 0 Å². The second-order valence-corrected chi connectivity index (χ2v) is 6.50. The Morgan fingerprint density at radius 1 is 1.08 bits per heavy atom. The fourth-order valence-corrected chi connectivity index (χ4v) is 2.85. The largest absolute Gasteiger partial charge is 0.333 e. The highest BCUT2D eigenvalue weighted by atomic mass is 79.9. The monoisotopic (exact) mass is 401 g/mol. The Labute approximate surface area is 150 Å². The van der Waals surface area contributed by atoms with Gasteiger partial charge < -0.3 is 4.98 Å². The summed E-state index contributed by atoms with van der Waals surface area (Å²) in [5.74, 6) is -1.55. The molecule has 0 bridgehead atoms. The molecule has 0 amide bonds. The van der Waals surface area contributed by atoms with Crippen molar-refractivity contribution in [2.45, 2.75) is 6.54 Å². The summed E-state index contributed by atoms with van der Waals surface area (Å²) in [7, 11) is 0. The number of imidazole rings is 1. The predicted molar refractivity (Wildman–Crippen MR) is 92.7 cm³/mol. The Kier molecular flexibility index (Phi) is 4.01. The molecule has 0 aliphatic carbocycles. The standard InChI is InChI=1S/C18H11BrF2N4/c19-12-6-4-11(5-7-12)9-25-10-16-15(8-22-25)23-18(24-16)13-2-1-3-14(20)17(13)21/h1-8,10H,9H2/p+1. The minimum atomic E-state index is -0.919. The first-order valence-electron chi connectivity index (χ1n) is 7.54. The molecule has 2 heterocycles. The number of aromatic amines is 1. The number of fused-ring (bicyclic) bond motifs is 1. The third-order valence-electron chi connectivity index (χ3n) is 3.83. The van der Waals surface area contributed by atoms with Gasteiger partial charge in [0.05, 0.1) is 5.56 Å². The second kappa shape index (κ2) is 6.33. The van der Waals surface area contributed by atoms with Gasteiger partial charge in [0.25, 0.3) is 0 Å². The molecule has 25 heavy (non-hydrogen) atoms. The quantitative estimate of drug-likeness (QED) is 0.527. The predicted octanol–water partition coefficient (Wildman–Crippen LogP) is 4.00. The molecule has 0 unspecified atom stereocenters. The number of hydrogen-bond acceptors (Lipinski definition) is 2. The molecule has 4 rings (SSSR count). The van der Waals surface area contributed by atoms with Crippen LogP contribution in [0.1, 0.15) is 5.56 Å². The summed E-state index contributed by atoms with van der Waals surface area (Å²) >= 11 is 3.41. The lowest BCUT2D eigenvalue weighted by molar-refractivity contribution is -0.745. The zero-order chi connectivity index (χ0) is 17.4. The zero-order valence-electron chi connectivity index (χ0n) is 12.9. The number of H-pyrrole nitrogens is 1. The molecule has 1 N–H and O–H groups in total. The maximum absolute atomic E-state index is 14.0. The van der Waals surface area contributed by atoms with Crippen molar-refractivity contribution >= 4 is 27.0 Å². The maximum Gasteiger partial charge on any atom is 0.222 e. The number of halogens is 3. The van der Waals surface area contributed by atoms with Gasteiger partial charge >= 0.3 is 0 Å². The van der Waals surface area contributed by atoms with Crippen LogP contribution in [0.2, 0.25) is 0 Å². The first-order chi connectivity index (χ1) is 12.1. The molecule has 124 valence electrons. The van der Waals surface area contributed by atoms with Gasteiger partial charge in [-0.1, -0.05) is 38.8 Å². The van der Waals surface area contributed by atoms with Crippen LogP contribution in [-0.4, -0.2) is 15.1 Å². The van der Waals surface area contributed by atoms with Crippen LogP contribution in [-0.2, 0) is 6.54 Å². The van der Waals surface area contributed by atoms with Crippen LogP contribution >= 0.6 is 15.9 Å². The molecule has 4 aromatic rings. The van der Waals surface area contributed by atoms with E-state index >= 15 is 0 Å². The van der Waals surface area contributed by atoms with Crippen LogP contribution < -0.4 is 4.68 Å². The van der Waals surface area contributed by atoms with Crippen molar-refractivity contribution in [3.8, 4) is 11.4 Å². The van der Waals surface area contributed by atoms with Gasteiger partial charge in [0, 0.05) is 10.0 Å². The van der Waals surface area contributed by atoms with Gasteiger partial charge in [0.15, 0.2) is 18.2 Å². The fourth-order valence-electron chi connectivity index (χ4n) is 2.59. The van der Waals surface area contributed by atoms with E-state index in [9.17, 15) is 8.78 Å². The number of benzene rings is 2. The Bertz CT molecular complexity index is 1060. The van der Waals surface area contributed by atoms with Crippen LogP contribution in [0.25, 0.3) is 22.4 Å². The van der Waals surface area contributed by atoms with E-state index < -0.39 is 11.6 Å². The van der Waals surface area contributed by atoms with Crippen molar-refractivity contribution in [2.75, 3.05) is 0 Å². The van der Waals surface area contributed by atoms with Crippen molar-refractivity contribution in [3.05, 3.63) is 76.5 Å². The average Bonchev–Trinajstić information content (AvgIpc) is 3.02. The van der Waals surface area contributed by atoms with Crippen molar-refractivity contribution in [1.29, 1.82) is 0 Å². The SMILES string of the molecule is Fc1cccc(-c2nc3cn[n+](Cc4ccc(Br)cc4)cc3[nH]2)c1F. The third-order valence-corrected chi connectivity index (χ3v) is 4.36. The fraction of sp³-hybridized carbons (Fsp3) is 0.0556. The van der Waals surface area contributed by atoms with Crippen LogP contribution in [0.15, 0.2) is 59.3 Å². The normalized spacial score (nSPS) is 11.2. The van der Waals surface area contributed by atoms with E-state index in [0.29, 0.717) is 17.6 Å². The van der Waals surface area contributed by atoms with Gasteiger partial charge in [0.1, 0.15) is 23.1 Å². The van der Waals surface area contributed by atoms with Crippen LogP contribution in [0, 0.1) is 11.6 Å². The topological polar surface area (TPSA) is 45.5 Å². The summed E-state index contributed by atoms with van der Waals surface area (Å²) in [4.78, 5) is 7.33. The number of rotatable bonds is 3. The molecule has 0 aliphatic heterocycles. The lowest BCUT2D eigenvalue weighted by atomic mass is 10.2. The summed E-state index contributed by atoms with van der Waals surface area (Å²) in [6.07, 6.45) is 3.40. The molecular formula is C18H12BrF2N4+. The smallest absolute Gasteiger partial charge is 0.222 e. The van der Waals surface area contributed by atoms with Crippen molar-refractivity contribution in [1.82, 2.24) is 15.1 Å². The van der Waals surface area contributed by atoms with Gasteiger partial charge in [-0.05, 0) is 29.4 Å². The van der Waals surface area contributed by atoms with E-state index in [1.807, 2.05) is 24.3 Å². The number of nitrogens with one attached hydrogen (secondary N) is 1. The van der Waals surface area contributed by atoms with Crippen LogP contribution in [0.5, 0.6) is 0 Å².